The molecule has 2 aliphatic rings. The van der Waals surface area contributed by atoms with E-state index in [4.69, 9.17) is 0 Å². The Morgan fingerprint density at radius 2 is 1.64 bits per heavy atom. The fourth-order valence-electron chi connectivity index (χ4n) is 2.69. The van der Waals surface area contributed by atoms with E-state index in [1.165, 1.54) is 44.9 Å². The first-order valence-corrected chi connectivity index (χ1v) is 5.27. The molecule has 0 aromatic rings. The first-order valence-electron chi connectivity index (χ1n) is 5.27. The van der Waals surface area contributed by atoms with Gasteiger partial charge in [0, 0.05) is 0 Å². The standard InChI is InChI=1S/C11H19/c1-2-5-11-7-3-6-10(4-1)8-9-11/h1,10-11H,2-9H2. The summed E-state index contributed by atoms with van der Waals surface area (Å²) in [6.45, 7) is 0. The van der Waals surface area contributed by atoms with Crippen molar-refractivity contribution in [1.82, 2.24) is 0 Å². The van der Waals surface area contributed by atoms with Crippen LogP contribution in [0.25, 0.3) is 0 Å². The number of fused-ring (bicyclic) bond motifs is 3. The molecule has 0 aromatic carbocycles. The average Bonchev–Trinajstić information content (AvgIpc) is 2.11. The van der Waals surface area contributed by atoms with E-state index < -0.39 is 0 Å². The fourth-order valence-corrected chi connectivity index (χ4v) is 2.69. The molecule has 63 valence electrons. The van der Waals surface area contributed by atoms with E-state index >= 15 is 0 Å². The van der Waals surface area contributed by atoms with Crippen molar-refractivity contribution in [2.75, 3.05) is 0 Å². The van der Waals surface area contributed by atoms with Crippen molar-refractivity contribution in [2.45, 2.75) is 51.4 Å². The molecule has 0 heterocycles. The Balaban J connectivity index is 1.97. The Morgan fingerprint density at radius 3 is 2.64 bits per heavy atom. The van der Waals surface area contributed by atoms with Gasteiger partial charge in [-0.3, -0.25) is 0 Å². The van der Waals surface area contributed by atoms with Gasteiger partial charge in [-0.25, -0.2) is 0 Å². The Hall–Kier alpha value is 0. The van der Waals surface area contributed by atoms with Gasteiger partial charge in [0.05, 0.1) is 0 Å². The molecule has 2 atom stereocenters. The summed E-state index contributed by atoms with van der Waals surface area (Å²) >= 11 is 0. The van der Waals surface area contributed by atoms with Crippen LogP contribution in [0.4, 0.5) is 0 Å². The molecular weight excluding hydrogens is 132 g/mol. The van der Waals surface area contributed by atoms with Gasteiger partial charge in [0.2, 0.25) is 0 Å². The second kappa shape index (κ2) is 3.60. The second-order valence-electron chi connectivity index (χ2n) is 4.34. The van der Waals surface area contributed by atoms with Gasteiger partial charge in [-0.1, -0.05) is 38.5 Å². The molecule has 0 aromatic heterocycles. The minimum atomic E-state index is 1.07. The van der Waals surface area contributed by atoms with Gasteiger partial charge in [0.1, 0.15) is 0 Å². The largest absolute Gasteiger partial charge is 0.0528 e. The van der Waals surface area contributed by atoms with Crippen LogP contribution in [-0.4, -0.2) is 0 Å². The summed E-state index contributed by atoms with van der Waals surface area (Å²) in [6, 6.07) is 0. The molecule has 0 nitrogen and oxygen atoms in total. The van der Waals surface area contributed by atoms with Crippen molar-refractivity contribution in [3.05, 3.63) is 6.42 Å². The van der Waals surface area contributed by atoms with E-state index in [-0.39, 0.29) is 0 Å². The van der Waals surface area contributed by atoms with E-state index in [0.717, 1.165) is 11.8 Å². The van der Waals surface area contributed by atoms with Crippen molar-refractivity contribution < 1.29 is 0 Å². The molecule has 2 fully saturated rings. The maximum Gasteiger partial charge on any atom is -0.0383 e. The number of hydrogen-bond donors (Lipinski definition) is 0. The molecular formula is C11H19. The van der Waals surface area contributed by atoms with Crippen LogP contribution < -0.4 is 0 Å². The molecule has 2 aliphatic carbocycles. The maximum atomic E-state index is 2.54. The van der Waals surface area contributed by atoms with Crippen molar-refractivity contribution in [2.24, 2.45) is 11.8 Å². The highest BCUT2D eigenvalue weighted by Gasteiger charge is 2.20. The van der Waals surface area contributed by atoms with Crippen LogP contribution >= 0.6 is 0 Å². The average molecular weight is 151 g/mol. The van der Waals surface area contributed by atoms with Crippen LogP contribution in [0.1, 0.15) is 51.4 Å². The molecule has 2 saturated carbocycles. The summed E-state index contributed by atoms with van der Waals surface area (Å²) in [5, 5.41) is 0. The molecule has 1 radical (unpaired) electrons. The minimum Gasteiger partial charge on any atom is -0.0528 e. The Labute approximate surface area is 70.4 Å². The highest BCUT2D eigenvalue weighted by molar-refractivity contribution is 4.80. The van der Waals surface area contributed by atoms with Gasteiger partial charge in [-0.2, -0.15) is 0 Å². The maximum absolute atomic E-state index is 2.54. The second-order valence-corrected chi connectivity index (χ2v) is 4.34. The molecule has 0 saturated heterocycles. The molecule has 2 unspecified atom stereocenters. The first-order chi connectivity index (χ1) is 5.45. The molecule has 11 heavy (non-hydrogen) atoms. The first kappa shape index (κ1) is 7.64. The molecule has 0 heteroatoms. The lowest BCUT2D eigenvalue weighted by molar-refractivity contribution is 0.378. The zero-order chi connectivity index (χ0) is 7.52. The third-order valence-corrected chi connectivity index (χ3v) is 3.49. The molecule has 2 rings (SSSR count). The Bertz CT molecular complexity index is 99.2. The van der Waals surface area contributed by atoms with Crippen molar-refractivity contribution >= 4 is 0 Å². The Morgan fingerprint density at radius 1 is 0.818 bits per heavy atom. The zero-order valence-electron chi connectivity index (χ0n) is 7.39. The SMILES string of the molecule is [CH]1CCC2CCCC(C1)CC2. The number of rotatable bonds is 0. The van der Waals surface area contributed by atoms with E-state index in [9.17, 15) is 0 Å². The van der Waals surface area contributed by atoms with Gasteiger partial charge in [-0.05, 0) is 31.1 Å². The van der Waals surface area contributed by atoms with Crippen LogP contribution in [0, 0.1) is 18.3 Å². The third kappa shape index (κ3) is 1.98. The van der Waals surface area contributed by atoms with Crippen LogP contribution in [0.5, 0.6) is 0 Å². The van der Waals surface area contributed by atoms with Crippen molar-refractivity contribution in [1.29, 1.82) is 0 Å². The lowest BCUT2D eigenvalue weighted by Gasteiger charge is -2.18. The summed E-state index contributed by atoms with van der Waals surface area (Å²) < 4.78 is 0. The molecule has 2 bridgehead atoms. The molecule has 0 amide bonds. The van der Waals surface area contributed by atoms with E-state index in [1.54, 1.807) is 6.42 Å². The summed E-state index contributed by atoms with van der Waals surface area (Å²) in [6.07, 6.45) is 14.5. The van der Waals surface area contributed by atoms with Gasteiger partial charge in [0.25, 0.3) is 0 Å². The van der Waals surface area contributed by atoms with Crippen molar-refractivity contribution in [3.63, 3.8) is 0 Å². The van der Waals surface area contributed by atoms with E-state index in [1.807, 2.05) is 0 Å². The van der Waals surface area contributed by atoms with Crippen LogP contribution in [-0.2, 0) is 0 Å². The summed E-state index contributed by atoms with van der Waals surface area (Å²) in [5.74, 6) is 2.16. The predicted octanol–water partition coefficient (Wildman–Crippen LogP) is 3.57. The third-order valence-electron chi connectivity index (χ3n) is 3.49. The topological polar surface area (TPSA) is 0 Å². The van der Waals surface area contributed by atoms with Gasteiger partial charge in [-0.15, -0.1) is 0 Å². The zero-order valence-corrected chi connectivity index (χ0v) is 7.39. The lowest BCUT2D eigenvalue weighted by Crippen LogP contribution is -2.05. The highest BCUT2D eigenvalue weighted by atomic mass is 14.3. The van der Waals surface area contributed by atoms with Crippen LogP contribution in [0.15, 0.2) is 0 Å². The molecule has 0 N–H and O–H groups in total. The summed E-state index contributed by atoms with van der Waals surface area (Å²) in [4.78, 5) is 0. The highest BCUT2D eigenvalue weighted by Crippen LogP contribution is 2.35. The van der Waals surface area contributed by atoms with E-state index in [0.29, 0.717) is 0 Å². The van der Waals surface area contributed by atoms with Crippen LogP contribution in [0.3, 0.4) is 0 Å². The van der Waals surface area contributed by atoms with Gasteiger partial charge < -0.3 is 0 Å². The van der Waals surface area contributed by atoms with Gasteiger partial charge in [0.15, 0.2) is 0 Å². The molecule has 0 spiro atoms. The summed E-state index contributed by atoms with van der Waals surface area (Å²) in [5.41, 5.74) is 0. The normalized spacial score (nSPS) is 39.3. The predicted molar refractivity (Wildman–Crippen MR) is 48.2 cm³/mol. The molecule has 0 aliphatic heterocycles. The minimum absolute atomic E-state index is 1.07. The Kier molecular flexibility index (Phi) is 2.50. The number of hydrogen-bond acceptors (Lipinski definition) is 0. The quantitative estimate of drug-likeness (QED) is 0.496. The smallest absolute Gasteiger partial charge is 0.0383 e. The lowest BCUT2D eigenvalue weighted by atomic mass is 9.87. The fraction of sp³-hybridized carbons (Fsp3) is 0.909. The van der Waals surface area contributed by atoms with E-state index in [2.05, 4.69) is 6.42 Å². The monoisotopic (exact) mass is 151 g/mol. The summed E-state index contributed by atoms with van der Waals surface area (Å²) in [7, 11) is 0. The van der Waals surface area contributed by atoms with Crippen LogP contribution in [0.2, 0.25) is 0 Å². The van der Waals surface area contributed by atoms with Gasteiger partial charge >= 0.3 is 0 Å². The van der Waals surface area contributed by atoms with Crippen molar-refractivity contribution in [3.8, 4) is 0 Å².